The zero-order valence-electron chi connectivity index (χ0n) is 17.6. The molecule has 0 bridgehead atoms. The van der Waals surface area contributed by atoms with Gasteiger partial charge in [-0.25, -0.2) is 12.4 Å². The van der Waals surface area contributed by atoms with Crippen LogP contribution in [0.25, 0.3) is 10.6 Å². The molecule has 0 saturated carbocycles. The van der Waals surface area contributed by atoms with E-state index in [1.807, 2.05) is 27.7 Å². The van der Waals surface area contributed by atoms with Crippen molar-refractivity contribution in [1.82, 2.24) is 0 Å². The van der Waals surface area contributed by atoms with Crippen molar-refractivity contribution >= 4 is 0 Å². The van der Waals surface area contributed by atoms with E-state index < -0.39 is 0 Å². The van der Waals surface area contributed by atoms with Crippen LogP contribution < -0.4 is 0 Å². The van der Waals surface area contributed by atoms with Crippen LogP contribution in [-0.4, -0.2) is 18.1 Å². The Morgan fingerprint density at radius 2 is 0.870 bits per heavy atom. The Labute approximate surface area is 159 Å². The first kappa shape index (κ1) is 30.7. The van der Waals surface area contributed by atoms with Gasteiger partial charge in [0.2, 0.25) is 0 Å². The van der Waals surface area contributed by atoms with Crippen molar-refractivity contribution in [2.45, 2.75) is 101 Å². The third kappa shape index (κ3) is 110. The largest absolute Gasteiger partial charge is 0.323 e. The van der Waals surface area contributed by atoms with Crippen molar-refractivity contribution in [1.29, 1.82) is 0 Å². The average Bonchev–Trinajstić information content (AvgIpc) is 2.33. The summed E-state index contributed by atoms with van der Waals surface area (Å²) in [5, 5.41) is 8.24. The summed E-state index contributed by atoms with van der Waals surface area (Å²) in [5.41, 5.74) is 0. The van der Waals surface area contributed by atoms with Gasteiger partial charge in [0.15, 0.2) is 0 Å². The fraction of sp³-hybridized carbons (Fsp3) is 0.789. The Kier molecular flexibility index (Phi) is 32.1. The zero-order valence-corrected chi connectivity index (χ0v) is 20.6. The Hall–Kier alpha value is -0.172. The molecule has 0 unspecified atom stereocenters. The van der Waals surface area contributed by atoms with Gasteiger partial charge >= 0.3 is 43.0 Å². The van der Waals surface area contributed by atoms with Gasteiger partial charge in [-0.1, -0.05) is 27.7 Å². The normalized spacial score (nSPS) is 9.96. The van der Waals surface area contributed by atoms with E-state index in [1.165, 1.54) is 31.5 Å². The summed E-state index contributed by atoms with van der Waals surface area (Å²) < 4.78 is 3.97. The predicted octanol–water partition coefficient (Wildman–Crippen LogP) is 7.39. The smallest absolute Gasteiger partial charge is 0.189 e. The van der Waals surface area contributed by atoms with Gasteiger partial charge in [-0.15, -0.1) is 12.1 Å². The molecule has 0 N–H and O–H groups in total. The molecular weight excluding hydrogens is 454 g/mol. The minimum absolute atomic E-state index is 0.374. The van der Waals surface area contributed by atoms with Crippen LogP contribution in [-0.2, 0) is 19.6 Å². The van der Waals surface area contributed by atoms with Crippen molar-refractivity contribution in [2.75, 3.05) is 0 Å². The van der Waals surface area contributed by atoms with Crippen LogP contribution in [0.2, 0.25) is 0 Å². The van der Waals surface area contributed by atoms with E-state index in [2.05, 4.69) is 69.5 Å². The van der Waals surface area contributed by atoms with Crippen LogP contribution in [0.5, 0.6) is 0 Å². The van der Waals surface area contributed by atoms with E-state index in [0.717, 1.165) is 0 Å². The Morgan fingerprint density at radius 1 is 0.696 bits per heavy atom. The molecule has 0 aromatic rings. The quantitative estimate of drug-likeness (QED) is 0.357. The van der Waals surface area contributed by atoms with Crippen LogP contribution in [0, 0.1) is 11.8 Å². The first-order valence-electron chi connectivity index (χ1n) is 8.27. The van der Waals surface area contributed by atoms with Crippen molar-refractivity contribution in [3.05, 3.63) is 34.9 Å². The van der Waals surface area contributed by atoms with Crippen LogP contribution >= 0.6 is 0 Å². The van der Waals surface area contributed by atoms with Crippen LogP contribution in [0.1, 0.15) is 83.1 Å². The summed E-state index contributed by atoms with van der Waals surface area (Å²) in [5.74, 6) is 2.83. The molecule has 0 aliphatic rings. The maximum atomic E-state index is 4.12. The zero-order chi connectivity index (χ0) is 19.4. The van der Waals surface area contributed by atoms with E-state index in [-0.39, 0.29) is 0 Å². The Morgan fingerprint density at radius 3 is 0.957 bits per heavy atom. The van der Waals surface area contributed by atoms with Crippen molar-refractivity contribution in [2.24, 2.45) is 3.50 Å². The van der Waals surface area contributed by atoms with Gasteiger partial charge in [0.1, 0.15) is 0 Å². The SMILES string of the molecule is CC(C)[N-]/C=C\[N-]C(C)C.CC(C)[N]=[W].C[C-](C)C.C[C-](C)C. The van der Waals surface area contributed by atoms with Gasteiger partial charge in [0, 0.05) is 0 Å². The van der Waals surface area contributed by atoms with Crippen LogP contribution in [0.4, 0.5) is 0 Å². The number of hydrogen-bond acceptors (Lipinski definition) is 1. The molecule has 0 heterocycles. The fourth-order valence-electron chi connectivity index (χ4n) is 0.421. The summed E-state index contributed by atoms with van der Waals surface area (Å²) in [7, 11) is 0. The van der Waals surface area contributed by atoms with Gasteiger partial charge in [-0.2, -0.15) is 41.5 Å². The molecule has 4 heteroatoms. The fourth-order valence-corrected chi connectivity index (χ4v) is 0.421. The number of nitrogens with zero attached hydrogens (tertiary/aromatic N) is 3. The van der Waals surface area contributed by atoms with E-state index >= 15 is 0 Å². The molecule has 0 aromatic carbocycles. The Balaban J connectivity index is -0.000000117. The second kappa shape index (κ2) is 24.1. The van der Waals surface area contributed by atoms with E-state index in [4.69, 9.17) is 0 Å². The molecule has 23 heavy (non-hydrogen) atoms. The van der Waals surface area contributed by atoms with Crippen molar-refractivity contribution in [3.8, 4) is 0 Å². The second-order valence-corrected chi connectivity index (χ2v) is 7.74. The minimum Gasteiger partial charge on any atom is -0.323 e. The van der Waals surface area contributed by atoms with Gasteiger partial charge in [0.25, 0.3) is 0 Å². The molecule has 0 saturated heterocycles. The van der Waals surface area contributed by atoms with Gasteiger partial charge < -0.3 is 22.5 Å². The van der Waals surface area contributed by atoms with Gasteiger partial charge in [-0.3, -0.25) is 0 Å². The summed E-state index contributed by atoms with van der Waals surface area (Å²) in [6, 6.07) is 1.29. The maximum absolute atomic E-state index is 4.12. The molecular formula is C19H41N3W-4. The van der Waals surface area contributed by atoms with Gasteiger partial charge in [0.05, 0.1) is 0 Å². The molecule has 0 amide bonds. The minimum atomic E-state index is 0.374. The third-order valence-corrected chi connectivity index (χ3v) is 2.56. The molecule has 0 rings (SSSR count). The summed E-state index contributed by atoms with van der Waals surface area (Å²) in [4.78, 5) is 0. The predicted molar refractivity (Wildman–Crippen MR) is 104 cm³/mol. The van der Waals surface area contributed by atoms with E-state index in [0.29, 0.717) is 18.1 Å². The Bertz CT molecular complexity index is 211. The van der Waals surface area contributed by atoms with E-state index in [9.17, 15) is 0 Å². The third-order valence-electron chi connectivity index (χ3n) is 1.05. The molecule has 0 aliphatic carbocycles. The molecule has 3 nitrogen and oxygen atoms in total. The molecule has 0 atom stereocenters. The first-order valence-corrected chi connectivity index (χ1v) is 9.58. The molecule has 0 spiro atoms. The van der Waals surface area contributed by atoms with Crippen LogP contribution in [0.3, 0.4) is 0 Å². The first-order chi connectivity index (χ1) is 10.4. The van der Waals surface area contributed by atoms with Crippen molar-refractivity contribution < 1.29 is 19.6 Å². The summed E-state index contributed by atoms with van der Waals surface area (Å²) in [6.45, 7) is 24.8. The van der Waals surface area contributed by atoms with Crippen molar-refractivity contribution in [3.63, 3.8) is 0 Å². The maximum Gasteiger partial charge on any atom is -0.189 e. The molecule has 0 aromatic heterocycles. The molecule has 142 valence electrons. The average molecular weight is 495 g/mol. The topological polar surface area (TPSA) is 40.6 Å². The monoisotopic (exact) mass is 495 g/mol. The van der Waals surface area contributed by atoms with E-state index in [1.54, 1.807) is 12.4 Å². The molecule has 0 aliphatic heterocycles. The summed E-state index contributed by atoms with van der Waals surface area (Å²) in [6.07, 6.45) is 3.51. The molecule has 0 fully saturated rings. The van der Waals surface area contributed by atoms with Crippen LogP contribution in [0.15, 0.2) is 15.9 Å². The number of hydrogen-bond donors (Lipinski definition) is 0. The van der Waals surface area contributed by atoms with Gasteiger partial charge in [-0.05, 0) is 0 Å². The molecule has 0 radical (unpaired) electrons. The number of rotatable bonds is 5. The standard InChI is InChI=1S/C8H16N2.2C4H9.C3H7N.W/c1-7(2)9-5-6-10-8(3)4;2*1-4(2)3;1-3(2)4;/h5-8H,1-4H3;2*1-3H3;3H,1-2H3;/q-2;2*-1;;/b6-5-;;;;. The summed E-state index contributed by atoms with van der Waals surface area (Å²) >= 11 is 1.33. The second-order valence-electron chi connectivity index (χ2n) is 6.98.